The van der Waals surface area contributed by atoms with Gasteiger partial charge in [-0.25, -0.2) is 4.99 Å². The minimum Gasteiger partial charge on any atom is -1.00 e. The number of aromatic nitrogens is 2. The Bertz CT molecular complexity index is 1220. The fraction of sp³-hybridized carbons (Fsp3) is 0.167. The molecule has 0 radical (unpaired) electrons. The fourth-order valence-electron chi connectivity index (χ4n) is 4.23. The van der Waals surface area contributed by atoms with Gasteiger partial charge in [-0.2, -0.15) is 4.57 Å². The Morgan fingerprint density at radius 3 is 2.55 bits per heavy atom. The standard InChI is InChI=1S/C24H23N4.ClH/c1-16-20-13-7-8-15-28(20)24(21(16)18-10-5-4-6-11-18)26-22-17(2)25-19-12-9-14-27(3)23(19)22;/h4-15,17,25H,1-3H3;1H/q+1;/p-1. The Morgan fingerprint density at radius 1 is 1.00 bits per heavy atom. The number of hydrogen-bond acceptors (Lipinski definition) is 2. The molecule has 29 heavy (non-hydrogen) atoms. The van der Waals surface area contributed by atoms with Gasteiger partial charge >= 0.3 is 0 Å². The highest BCUT2D eigenvalue weighted by Crippen LogP contribution is 2.39. The van der Waals surface area contributed by atoms with E-state index in [0.717, 1.165) is 22.9 Å². The van der Waals surface area contributed by atoms with Gasteiger partial charge in [0.15, 0.2) is 6.20 Å². The van der Waals surface area contributed by atoms with Crippen molar-refractivity contribution in [3.8, 4) is 11.1 Å². The first-order chi connectivity index (χ1) is 13.6. The Kier molecular flexibility index (Phi) is 4.89. The number of anilines is 1. The molecule has 0 fully saturated rings. The van der Waals surface area contributed by atoms with Crippen LogP contribution >= 0.6 is 0 Å². The number of aliphatic imine (C=N–C) groups is 1. The Morgan fingerprint density at radius 2 is 1.76 bits per heavy atom. The van der Waals surface area contributed by atoms with Crippen molar-refractivity contribution >= 4 is 22.7 Å². The molecule has 5 rings (SSSR count). The van der Waals surface area contributed by atoms with Crippen LogP contribution in [0.1, 0.15) is 18.2 Å². The molecule has 1 unspecified atom stereocenters. The summed E-state index contributed by atoms with van der Waals surface area (Å²) in [6.07, 6.45) is 4.18. The Labute approximate surface area is 177 Å². The normalized spacial score (nSPS) is 16.5. The molecule has 0 saturated heterocycles. The van der Waals surface area contributed by atoms with E-state index >= 15 is 0 Å². The van der Waals surface area contributed by atoms with Crippen molar-refractivity contribution in [3.63, 3.8) is 0 Å². The predicted molar refractivity (Wildman–Crippen MR) is 114 cm³/mol. The number of aryl methyl sites for hydroxylation is 2. The van der Waals surface area contributed by atoms with Crippen molar-refractivity contribution in [3.05, 3.63) is 84.3 Å². The smallest absolute Gasteiger partial charge is 0.252 e. The van der Waals surface area contributed by atoms with E-state index in [1.54, 1.807) is 0 Å². The molecule has 0 aliphatic carbocycles. The monoisotopic (exact) mass is 402 g/mol. The van der Waals surface area contributed by atoms with Crippen molar-refractivity contribution < 1.29 is 17.0 Å². The Balaban J connectivity index is 0.00000205. The second-order valence-corrected chi connectivity index (χ2v) is 7.39. The molecule has 146 valence electrons. The van der Waals surface area contributed by atoms with Gasteiger partial charge in [0.1, 0.15) is 24.3 Å². The lowest BCUT2D eigenvalue weighted by Crippen LogP contribution is -3.00. The van der Waals surface area contributed by atoms with Crippen LogP contribution in [0.4, 0.5) is 11.5 Å². The minimum absolute atomic E-state index is 0. The third-order valence-electron chi connectivity index (χ3n) is 5.56. The average molecular weight is 403 g/mol. The molecule has 0 amide bonds. The molecule has 4 heterocycles. The van der Waals surface area contributed by atoms with Crippen LogP contribution in [-0.2, 0) is 7.05 Å². The largest absolute Gasteiger partial charge is 1.00 e. The molecule has 1 N–H and O–H groups in total. The molecular formula is C24H23ClN4. The van der Waals surface area contributed by atoms with Gasteiger partial charge in [-0.1, -0.05) is 36.4 Å². The van der Waals surface area contributed by atoms with Crippen molar-refractivity contribution in [2.75, 3.05) is 5.32 Å². The fourth-order valence-corrected chi connectivity index (χ4v) is 4.23. The number of rotatable bonds is 2. The number of hydrogen-bond donors (Lipinski definition) is 1. The topological polar surface area (TPSA) is 32.7 Å². The summed E-state index contributed by atoms with van der Waals surface area (Å²) in [5.74, 6) is 0.986. The molecule has 0 spiro atoms. The zero-order chi connectivity index (χ0) is 19.3. The molecule has 0 saturated carbocycles. The van der Waals surface area contributed by atoms with Gasteiger partial charge in [-0.15, -0.1) is 0 Å². The van der Waals surface area contributed by atoms with Gasteiger partial charge in [-0.3, -0.25) is 0 Å². The number of fused-ring (bicyclic) bond motifs is 2. The van der Waals surface area contributed by atoms with Crippen LogP contribution < -0.4 is 22.3 Å². The van der Waals surface area contributed by atoms with E-state index in [4.69, 9.17) is 4.99 Å². The van der Waals surface area contributed by atoms with Gasteiger partial charge in [-0.05, 0) is 43.2 Å². The molecule has 1 atom stereocenters. The first kappa shape index (κ1) is 19.2. The summed E-state index contributed by atoms with van der Waals surface area (Å²) in [6, 6.07) is 21.2. The maximum Gasteiger partial charge on any atom is 0.252 e. The molecule has 4 aromatic rings. The van der Waals surface area contributed by atoms with Crippen LogP contribution in [0.25, 0.3) is 16.6 Å². The van der Waals surface area contributed by atoms with Gasteiger partial charge in [0.2, 0.25) is 0 Å². The van der Waals surface area contributed by atoms with E-state index in [1.165, 1.54) is 22.2 Å². The first-order valence-corrected chi connectivity index (χ1v) is 9.64. The SMILES string of the molecule is Cc1c(-c2ccccc2)c(N=C2c3c(ccc[n+]3C)NC2C)n2ccccc12.[Cl-]. The average Bonchev–Trinajstić information content (AvgIpc) is 3.18. The summed E-state index contributed by atoms with van der Waals surface area (Å²) < 4.78 is 4.35. The van der Waals surface area contributed by atoms with E-state index < -0.39 is 0 Å². The molecule has 4 nitrogen and oxygen atoms in total. The van der Waals surface area contributed by atoms with Gasteiger partial charge in [0.25, 0.3) is 5.69 Å². The lowest BCUT2D eigenvalue weighted by Gasteiger charge is -2.07. The van der Waals surface area contributed by atoms with Crippen LogP contribution in [0.3, 0.4) is 0 Å². The quantitative estimate of drug-likeness (QED) is 0.508. The maximum atomic E-state index is 5.26. The molecule has 1 aliphatic rings. The second kappa shape index (κ2) is 7.37. The highest BCUT2D eigenvalue weighted by Gasteiger charge is 2.33. The van der Waals surface area contributed by atoms with E-state index in [0.29, 0.717) is 0 Å². The van der Waals surface area contributed by atoms with Crippen LogP contribution in [0.2, 0.25) is 0 Å². The second-order valence-electron chi connectivity index (χ2n) is 7.39. The number of nitrogens with zero attached hydrogens (tertiary/aromatic N) is 3. The molecule has 1 aromatic carbocycles. The molecule has 0 bridgehead atoms. The predicted octanol–water partition coefficient (Wildman–Crippen LogP) is 1.68. The van der Waals surface area contributed by atoms with Crippen molar-refractivity contribution in [2.45, 2.75) is 19.9 Å². The van der Waals surface area contributed by atoms with Crippen LogP contribution in [-0.4, -0.2) is 16.2 Å². The molecule has 3 aromatic heterocycles. The van der Waals surface area contributed by atoms with Crippen LogP contribution in [0.15, 0.2) is 78.0 Å². The molecule has 5 heteroatoms. The highest BCUT2D eigenvalue weighted by molar-refractivity contribution is 6.12. The third-order valence-corrected chi connectivity index (χ3v) is 5.56. The first-order valence-electron chi connectivity index (χ1n) is 9.64. The third kappa shape index (κ3) is 3.00. The van der Waals surface area contributed by atoms with Crippen LogP contribution in [0.5, 0.6) is 0 Å². The maximum absolute atomic E-state index is 5.26. The van der Waals surface area contributed by atoms with E-state index in [-0.39, 0.29) is 18.4 Å². The minimum atomic E-state index is 0. The summed E-state index contributed by atoms with van der Waals surface area (Å²) in [5, 5.41) is 3.56. The summed E-state index contributed by atoms with van der Waals surface area (Å²) in [6.45, 7) is 4.36. The molecular weight excluding hydrogens is 380 g/mol. The van der Waals surface area contributed by atoms with E-state index in [9.17, 15) is 0 Å². The lowest BCUT2D eigenvalue weighted by atomic mass is 10.0. The molecule has 1 aliphatic heterocycles. The lowest BCUT2D eigenvalue weighted by molar-refractivity contribution is -0.671. The number of benzene rings is 1. The van der Waals surface area contributed by atoms with Crippen molar-refractivity contribution in [2.24, 2.45) is 12.0 Å². The number of pyridine rings is 2. The zero-order valence-electron chi connectivity index (χ0n) is 16.7. The van der Waals surface area contributed by atoms with E-state index in [2.05, 4.69) is 108 Å². The number of nitrogens with one attached hydrogen (secondary N) is 1. The van der Waals surface area contributed by atoms with Crippen molar-refractivity contribution in [1.82, 2.24) is 4.40 Å². The zero-order valence-corrected chi connectivity index (χ0v) is 17.5. The Hall–Kier alpha value is -3.11. The van der Waals surface area contributed by atoms with Gasteiger partial charge < -0.3 is 22.1 Å². The summed E-state index contributed by atoms with van der Waals surface area (Å²) in [7, 11) is 2.08. The van der Waals surface area contributed by atoms with Crippen molar-refractivity contribution in [1.29, 1.82) is 0 Å². The van der Waals surface area contributed by atoms with Gasteiger partial charge in [0, 0.05) is 17.8 Å². The van der Waals surface area contributed by atoms with Crippen LogP contribution in [0, 0.1) is 6.92 Å². The van der Waals surface area contributed by atoms with E-state index in [1.807, 2.05) is 0 Å². The summed E-state index contributed by atoms with van der Waals surface area (Å²) in [4.78, 5) is 5.26. The number of halogens is 1. The van der Waals surface area contributed by atoms with Gasteiger partial charge in [0.05, 0.1) is 11.6 Å². The summed E-state index contributed by atoms with van der Waals surface area (Å²) >= 11 is 0. The summed E-state index contributed by atoms with van der Waals surface area (Å²) in [5.41, 5.74) is 8.18. The highest BCUT2D eigenvalue weighted by atomic mass is 35.5.